The minimum absolute atomic E-state index is 0.000765. The summed E-state index contributed by atoms with van der Waals surface area (Å²) < 4.78 is 41.2. The molecular formula is C14H21FN2O3S. The smallest absolute Gasteiger partial charge is 0.241 e. The molecule has 0 aromatic heterocycles. The Morgan fingerprint density at radius 3 is 2.57 bits per heavy atom. The Labute approximate surface area is 124 Å². The number of aryl methyl sites for hydroxylation is 1. The molecule has 4 N–H and O–H groups in total. The Hall–Kier alpha value is -1.18. The SMILES string of the molecule is Cc1cc(F)c(N)c(C)c1S(=O)(=O)N[C@@H]1CCCC[C@H]1O. The van der Waals surface area contributed by atoms with Gasteiger partial charge in [-0.15, -0.1) is 0 Å². The molecule has 5 nitrogen and oxygen atoms in total. The number of hydrogen-bond donors (Lipinski definition) is 3. The molecule has 1 fully saturated rings. The van der Waals surface area contributed by atoms with Crippen molar-refractivity contribution in [2.24, 2.45) is 0 Å². The third-order valence-electron chi connectivity index (χ3n) is 4.01. The Morgan fingerprint density at radius 1 is 1.33 bits per heavy atom. The monoisotopic (exact) mass is 316 g/mol. The van der Waals surface area contributed by atoms with Gasteiger partial charge in [-0.3, -0.25) is 0 Å². The second-order valence-corrected chi connectivity index (χ2v) is 7.27. The number of rotatable bonds is 3. The standard InChI is InChI=1S/C14H21FN2O3S/c1-8-7-10(15)13(16)9(2)14(8)21(19,20)17-11-5-3-4-6-12(11)18/h7,11-12,17-18H,3-6,16H2,1-2H3/t11-,12-/m1/s1. The molecule has 118 valence electrons. The maximum absolute atomic E-state index is 13.5. The maximum Gasteiger partial charge on any atom is 0.241 e. The average Bonchev–Trinajstić information content (AvgIpc) is 2.38. The minimum atomic E-state index is -3.85. The van der Waals surface area contributed by atoms with E-state index in [0.29, 0.717) is 18.4 Å². The number of hydrogen-bond acceptors (Lipinski definition) is 4. The zero-order chi connectivity index (χ0) is 15.8. The molecule has 2 atom stereocenters. The number of sulfonamides is 1. The lowest BCUT2D eigenvalue weighted by atomic mass is 9.93. The van der Waals surface area contributed by atoms with Crippen LogP contribution in [0.1, 0.15) is 36.8 Å². The van der Waals surface area contributed by atoms with Gasteiger partial charge in [0.2, 0.25) is 10.0 Å². The van der Waals surface area contributed by atoms with Crippen molar-refractivity contribution in [1.29, 1.82) is 0 Å². The van der Waals surface area contributed by atoms with Gasteiger partial charge >= 0.3 is 0 Å². The van der Waals surface area contributed by atoms with E-state index in [1.165, 1.54) is 13.8 Å². The number of aliphatic hydroxyl groups excluding tert-OH is 1. The van der Waals surface area contributed by atoms with Gasteiger partial charge in [0.1, 0.15) is 5.82 Å². The first-order chi connectivity index (χ1) is 9.74. The highest BCUT2D eigenvalue weighted by molar-refractivity contribution is 7.89. The van der Waals surface area contributed by atoms with E-state index < -0.39 is 28.0 Å². The van der Waals surface area contributed by atoms with Crippen LogP contribution >= 0.6 is 0 Å². The van der Waals surface area contributed by atoms with Gasteiger partial charge in [-0.05, 0) is 43.9 Å². The normalized spacial score (nSPS) is 23.2. The lowest BCUT2D eigenvalue weighted by Crippen LogP contribution is -2.45. The predicted octanol–water partition coefficient (Wildman–Crippen LogP) is 1.61. The Balaban J connectivity index is 2.38. The largest absolute Gasteiger partial charge is 0.396 e. The number of aliphatic hydroxyl groups is 1. The number of halogens is 1. The molecule has 1 aliphatic carbocycles. The number of nitrogen functional groups attached to an aromatic ring is 1. The fourth-order valence-electron chi connectivity index (χ4n) is 2.85. The highest BCUT2D eigenvalue weighted by atomic mass is 32.2. The molecule has 0 heterocycles. The van der Waals surface area contributed by atoms with Crippen LogP contribution in [0.5, 0.6) is 0 Å². The van der Waals surface area contributed by atoms with Gasteiger partial charge in [0.05, 0.1) is 16.7 Å². The van der Waals surface area contributed by atoms with Gasteiger partial charge in [-0.2, -0.15) is 0 Å². The van der Waals surface area contributed by atoms with Crippen molar-refractivity contribution in [3.8, 4) is 0 Å². The van der Waals surface area contributed by atoms with E-state index in [1.807, 2.05) is 0 Å². The fraction of sp³-hybridized carbons (Fsp3) is 0.571. The third-order valence-corrected chi connectivity index (χ3v) is 5.79. The summed E-state index contributed by atoms with van der Waals surface area (Å²) in [6.45, 7) is 3.01. The molecular weight excluding hydrogens is 295 g/mol. The maximum atomic E-state index is 13.5. The molecule has 0 saturated heterocycles. The molecule has 0 bridgehead atoms. The van der Waals surface area contributed by atoms with Gasteiger partial charge in [0, 0.05) is 6.04 Å². The molecule has 1 saturated carbocycles. The van der Waals surface area contributed by atoms with Crippen LogP contribution in [0, 0.1) is 19.7 Å². The van der Waals surface area contributed by atoms with E-state index in [0.717, 1.165) is 18.9 Å². The van der Waals surface area contributed by atoms with E-state index in [4.69, 9.17) is 5.73 Å². The molecule has 1 aromatic carbocycles. The number of nitrogens with two attached hydrogens (primary N) is 1. The molecule has 0 amide bonds. The first kappa shape index (κ1) is 16.2. The summed E-state index contributed by atoms with van der Waals surface area (Å²) in [5.41, 5.74) is 5.93. The van der Waals surface area contributed by atoms with Crippen LogP contribution in [-0.4, -0.2) is 25.7 Å². The Morgan fingerprint density at radius 2 is 1.95 bits per heavy atom. The lowest BCUT2D eigenvalue weighted by Gasteiger charge is -2.28. The van der Waals surface area contributed by atoms with E-state index >= 15 is 0 Å². The predicted molar refractivity (Wildman–Crippen MR) is 78.9 cm³/mol. The van der Waals surface area contributed by atoms with Crippen molar-refractivity contribution in [3.63, 3.8) is 0 Å². The van der Waals surface area contributed by atoms with Crippen LogP contribution in [0.3, 0.4) is 0 Å². The molecule has 0 aliphatic heterocycles. The van der Waals surface area contributed by atoms with Gasteiger partial charge in [0.15, 0.2) is 0 Å². The summed E-state index contributed by atoms with van der Waals surface area (Å²) in [6.07, 6.45) is 2.24. The summed E-state index contributed by atoms with van der Waals surface area (Å²) in [4.78, 5) is -0.000765. The van der Waals surface area contributed by atoms with Crippen LogP contribution in [0.2, 0.25) is 0 Å². The summed E-state index contributed by atoms with van der Waals surface area (Å²) in [6, 6.07) is 0.614. The quantitative estimate of drug-likeness (QED) is 0.739. The van der Waals surface area contributed by atoms with Crippen molar-refractivity contribution >= 4 is 15.7 Å². The topological polar surface area (TPSA) is 92.4 Å². The van der Waals surface area contributed by atoms with E-state index in [2.05, 4.69) is 4.72 Å². The second-order valence-electron chi connectivity index (χ2n) is 5.62. The molecule has 1 aliphatic rings. The van der Waals surface area contributed by atoms with Crippen LogP contribution in [0.25, 0.3) is 0 Å². The van der Waals surface area contributed by atoms with Crippen molar-refractivity contribution < 1.29 is 17.9 Å². The highest BCUT2D eigenvalue weighted by Gasteiger charge is 2.30. The molecule has 0 spiro atoms. The second kappa shape index (κ2) is 5.90. The number of anilines is 1. The van der Waals surface area contributed by atoms with Crippen molar-refractivity contribution in [3.05, 3.63) is 23.0 Å². The van der Waals surface area contributed by atoms with Crippen LogP contribution in [-0.2, 0) is 10.0 Å². The molecule has 7 heteroatoms. The van der Waals surface area contributed by atoms with E-state index in [9.17, 15) is 17.9 Å². The molecule has 1 aromatic rings. The zero-order valence-corrected chi connectivity index (χ0v) is 13.0. The minimum Gasteiger partial charge on any atom is -0.396 e. The molecule has 2 rings (SSSR count). The summed E-state index contributed by atoms with van der Waals surface area (Å²) in [7, 11) is -3.85. The van der Waals surface area contributed by atoms with Crippen LogP contribution in [0.4, 0.5) is 10.1 Å². The number of nitrogens with one attached hydrogen (secondary N) is 1. The average molecular weight is 316 g/mol. The van der Waals surface area contributed by atoms with E-state index in [-0.39, 0.29) is 16.1 Å². The number of benzene rings is 1. The highest BCUT2D eigenvalue weighted by Crippen LogP contribution is 2.28. The van der Waals surface area contributed by atoms with Crippen LogP contribution < -0.4 is 10.5 Å². The Bertz CT molecular complexity index is 646. The molecule has 0 radical (unpaired) electrons. The van der Waals surface area contributed by atoms with Crippen molar-refractivity contribution in [2.45, 2.75) is 56.6 Å². The van der Waals surface area contributed by atoms with Crippen molar-refractivity contribution in [1.82, 2.24) is 4.72 Å². The first-order valence-corrected chi connectivity index (χ1v) is 8.48. The van der Waals surface area contributed by atoms with E-state index in [1.54, 1.807) is 0 Å². The van der Waals surface area contributed by atoms with Gasteiger partial charge in [-0.1, -0.05) is 12.8 Å². The summed E-state index contributed by atoms with van der Waals surface area (Å²) >= 11 is 0. The van der Waals surface area contributed by atoms with Gasteiger partial charge in [-0.25, -0.2) is 17.5 Å². The summed E-state index contributed by atoms with van der Waals surface area (Å²) in [5.74, 6) is -0.623. The van der Waals surface area contributed by atoms with Crippen LogP contribution in [0.15, 0.2) is 11.0 Å². The van der Waals surface area contributed by atoms with Crippen molar-refractivity contribution in [2.75, 3.05) is 5.73 Å². The zero-order valence-electron chi connectivity index (χ0n) is 12.2. The van der Waals surface area contributed by atoms with Gasteiger partial charge in [0.25, 0.3) is 0 Å². The third kappa shape index (κ3) is 3.20. The summed E-state index contributed by atoms with van der Waals surface area (Å²) in [5, 5.41) is 9.90. The molecule has 0 unspecified atom stereocenters. The fourth-order valence-corrected chi connectivity index (χ4v) is 4.64. The first-order valence-electron chi connectivity index (χ1n) is 6.99. The van der Waals surface area contributed by atoms with Gasteiger partial charge < -0.3 is 10.8 Å². The Kier molecular flexibility index (Phi) is 4.55. The lowest BCUT2D eigenvalue weighted by molar-refractivity contribution is 0.101. The molecule has 21 heavy (non-hydrogen) atoms.